The molecule has 0 unspecified atom stereocenters. The van der Waals surface area contributed by atoms with Crippen LogP contribution < -0.4 is 15.5 Å². The lowest BCUT2D eigenvalue weighted by molar-refractivity contribution is -0.117. The molecule has 7 heteroatoms. The Kier molecular flexibility index (Phi) is 9.69. The van der Waals surface area contributed by atoms with Gasteiger partial charge in [-0.1, -0.05) is 51.1 Å². The Morgan fingerprint density at radius 1 is 1.00 bits per heavy atom. The molecule has 2 aromatic carbocycles. The topological polar surface area (TPSA) is 73.9 Å². The molecule has 1 aliphatic rings. The third-order valence-electron chi connectivity index (χ3n) is 5.99. The minimum absolute atomic E-state index is 0.0498. The second-order valence-corrected chi connectivity index (χ2v) is 10.4. The van der Waals surface area contributed by atoms with E-state index in [1.807, 2.05) is 39.0 Å². The van der Waals surface area contributed by atoms with Crippen LogP contribution in [0.3, 0.4) is 0 Å². The maximum absolute atomic E-state index is 13.1. The van der Waals surface area contributed by atoms with Crippen molar-refractivity contribution < 1.29 is 14.3 Å². The highest BCUT2D eigenvalue weighted by molar-refractivity contribution is 6.02. The molecule has 2 N–H and O–H groups in total. The standard InChI is InChI=1S/C28H40N4O3/c1-28(2,3)20-26(33)30-23-11-12-25(24(19-23)27(34)29-13-8-18-35-4)32-16-14-31(15-17-32)21-22-9-6-5-7-10-22/h5-7,9-12,19H,8,13-18,20-21H2,1-4H3,(H,29,34)(H,30,33). The van der Waals surface area contributed by atoms with Crippen LogP contribution in [-0.4, -0.2) is 63.2 Å². The lowest BCUT2D eigenvalue weighted by atomic mass is 9.92. The molecule has 0 aromatic heterocycles. The van der Waals surface area contributed by atoms with E-state index in [1.54, 1.807) is 13.2 Å². The first-order chi connectivity index (χ1) is 16.7. The normalized spacial score (nSPS) is 14.6. The van der Waals surface area contributed by atoms with Crippen LogP contribution in [0.4, 0.5) is 11.4 Å². The van der Waals surface area contributed by atoms with E-state index in [0.717, 1.165) is 44.8 Å². The fraction of sp³-hybridized carbons (Fsp3) is 0.500. The van der Waals surface area contributed by atoms with Gasteiger partial charge in [0.1, 0.15) is 0 Å². The summed E-state index contributed by atoms with van der Waals surface area (Å²) in [5, 5.41) is 5.97. The molecule has 1 heterocycles. The van der Waals surface area contributed by atoms with Gasteiger partial charge in [0.15, 0.2) is 0 Å². The molecule has 1 fully saturated rings. The molecule has 0 aliphatic carbocycles. The van der Waals surface area contributed by atoms with Crippen molar-refractivity contribution in [2.75, 3.05) is 56.7 Å². The second kappa shape index (κ2) is 12.7. The van der Waals surface area contributed by atoms with Crippen molar-refractivity contribution in [2.45, 2.75) is 40.2 Å². The summed E-state index contributed by atoms with van der Waals surface area (Å²) in [4.78, 5) is 30.3. The summed E-state index contributed by atoms with van der Waals surface area (Å²) in [7, 11) is 1.65. The molecular formula is C28H40N4O3. The highest BCUT2D eigenvalue weighted by Crippen LogP contribution is 2.27. The summed E-state index contributed by atoms with van der Waals surface area (Å²) in [6.45, 7) is 11.7. The fourth-order valence-electron chi connectivity index (χ4n) is 4.26. The van der Waals surface area contributed by atoms with Gasteiger partial charge in [0.2, 0.25) is 5.91 Å². The van der Waals surface area contributed by atoms with Gasteiger partial charge >= 0.3 is 0 Å². The molecule has 0 radical (unpaired) electrons. The third kappa shape index (κ3) is 8.67. The van der Waals surface area contributed by atoms with Gasteiger partial charge in [-0.25, -0.2) is 0 Å². The summed E-state index contributed by atoms with van der Waals surface area (Å²) in [6.07, 6.45) is 1.16. The SMILES string of the molecule is COCCCNC(=O)c1cc(NC(=O)CC(C)(C)C)ccc1N1CCN(Cc2ccccc2)CC1. The average Bonchev–Trinajstić information content (AvgIpc) is 2.82. The van der Waals surface area contributed by atoms with Crippen molar-refractivity contribution in [3.8, 4) is 0 Å². The van der Waals surface area contributed by atoms with Gasteiger partial charge in [0.05, 0.1) is 5.56 Å². The maximum atomic E-state index is 13.1. The molecule has 2 amide bonds. The average molecular weight is 481 g/mol. The van der Waals surface area contributed by atoms with Crippen molar-refractivity contribution in [3.05, 3.63) is 59.7 Å². The van der Waals surface area contributed by atoms with Gasteiger partial charge in [-0.2, -0.15) is 0 Å². The molecular weight excluding hydrogens is 440 g/mol. The highest BCUT2D eigenvalue weighted by Gasteiger charge is 2.23. The van der Waals surface area contributed by atoms with Crippen molar-refractivity contribution in [2.24, 2.45) is 5.41 Å². The van der Waals surface area contributed by atoms with E-state index in [9.17, 15) is 9.59 Å². The minimum atomic E-state index is -0.130. The Balaban J connectivity index is 1.71. The number of hydrogen-bond acceptors (Lipinski definition) is 5. The largest absolute Gasteiger partial charge is 0.385 e. The van der Waals surface area contributed by atoms with E-state index >= 15 is 0 Å². The zero-order chi connectivity index (χ0) is 25.3. The molecule has 1 saturated heterocycles. The van der Waals surface area contributed by atoms with Crippen LogP contribution in [0.5, 0.6) is 0 Å². The first-order valence-electron chi connectivity index (χ1n) is 12.5. The van der Waals surface area contributed by atoms with Gasteiger partial charge in [0, 0.05) is 70.8 Å². The molecule has 7 nitrogen and oxygen atoms in total. The molecule has 0 bridgehead atoms. The lowest BCUT2D eigenvalue weighted by Crippen LogP contribution is -2.46. The Morgan fingerprint density at radius 3 is 2.37 bits per heavy atom. The summed E-state index contributed by atoms with van der Waals surface area (Å²) >= 11 is 0. The molecule has 190 valence electrons. The van der Waals surface area contributed by atoms with Gasteiger partial charge < -0.3 is 20.3 Å². The lowest BCUT2D eigenvalue weighted by Gasteiger charge is -2.37. The number of rotatable bonds is 10. The van der Waals surface area contributed by atoms with Crippen LogP contribution in [0.2, 0.25) is 0 Å². The third-order valence-corrected chi connectivity index (χ3v) is 5.99. The number of anilines is 2. The molecule has 3 rings (SSSR count). The molecule has 0 atom stereocenters. The number of hydrogen-bond donors (Lipinski definition) is 2. The van der Waals surface area contributed by atoms with E-state index in [0.29, 0.717) is 30.8 Å². The predicted molar refractivity (Wildman–Crippen MR) is 142 cm³/mol. The van der Waals surface area contributed by atoms with E-state index < -0.39 is 0 Å². The van der Waals surface area contributed by atoms with Gasteiger partial charge in [-0.3, -0.25) is 14.5 Å². The Hall–Kier alpha value is -2.90. The Morgan fingerprint density at radius 2 is 1.71 bits per heavy atom. The quantitative estimate of drug-likeness (QED) is 0.500. The van der Waals surface area contributed by atoms with E-state index in [4.69, 9.17) is 4.74 Å². The number of nitrogens with zero attached hydrogens (tertiary/aromatic N) is 2. The second-order valence-electron chi connectivity index (χ2n) is 10.4. The fourth-order valence-corrected chi connectivity index (χ4v) is 4.26. The number of carbonyl (C=O) groups is 2. The molecule has 0 saturated carbocycles. The van der Waals surface area contributed by atoms with E-state index in [2.05, 4.69) is 44.7 Å². The smallest absolute Gasteiger partial charge is 0.253 e. The molecule has 0 spiro atoms. The summed E-state index contributed by atoms with van der Waals surface area (Å²) in [5.41, 5.74) is 3.35. The number of amides is 2. The molecule has 1 aliphatic heterocycles. The van der Waals surface area contributed by atoms with Crippen LogP contribution in [0.25, 0.3) is 0 Å². The van der Waals surface area contributed by atoms with Crippen molar-refractivity contribution in [1.29, 1.82) is 0 Å². The highest BCUT2D eigenvalue weighted by atomic mass is 16.5. The number of carbonyl (C=O) groups excluding carboxylic acids is 2. The van der Waals surface area contributed by atoms with Crippen LogP contribution in [0.1, 0.15) is 49.5 Å². The Bertz CT molecular complexity index is 964. The summed E-state index contributed by atoms with van der Waals surface area (Å²) < 4.78 is 5.09. The van der Waals surface area contributed by atoms with Crippen molar-refractivity contribution >= 4 is 23.2 Å². The van der Waals surface area contributed by atoms with Crippen LogP contribution in [-0.2, 0) is 16.1 Å². The summed E-state index contributed by atoms with van der Waals surface area (Å²) in [5.74, 6) is -0.180. The first-order valence-corrected chi connectivity index (χ1v) is 12.5. The van der Waals surface area contributed by atoms with E-state index in [-0.39, 0.29) is 17.2 Å². The number of nitrogens with one attached hydrogen (secondary N) is 2. The van der Waals surface area contributed by atoms with Crippen LogP contribution in [0, 0.1) is 5.41 Å². The van der Waals surface area contributed by atoms with Gasteiger partial charge in [-0.05, 0) is 35.6 Å². The predicted octanol–water partition coefficient (Wildman–Crippen LogP) is 4.15. The van der Waals surface area contributed by atoms with E-state index in [1.165, 1.54) is 5.56 Å². The molecule has 35 heavy (non-hydrogen) atoms. The van der Waals surface area contributed by atoms with Gasteiger partial charge in [0.25, 0.3) is 5.91 Å². The van der Waals surface area contributed by atoms with Crippen molar-refractivity contribution in [3.63, 3.8) is 0 Å². The number of ether oxygens (including phenoxy) is 1. The summed E-state index contributed by atoms with van der Waals surface area (Å²) in [6, 6.07) is 16.2. The molecule has 2 aromatic rings. The monoisotopic (exact) mass is 480 g/mol. The van der Waals surface area contributed by atoms with Crippen molar-refractivity contribution in [1.82, 2.24) is 10.2 Å². The zero-order valence-corrected chi connectivity index (χ0v) is 21.6. The van der Waals surface area contributed by atoms with Crippen LogP contribution in [0.15, 0.2) is 48.5 Å². The first kappa shape index (κ1) is 26.7. The number of benzene rings is 2. The number of methoxy groups -OCH3 is 1. The Labute approximate surface area is 209 Å². The maximum Gasteiger partial charge on any atom is 0.253 e. The van der Waals surface area contributed by atoms with Gasteiger partial charge in [-0.15, -0.1) is 0 Å². The van der Waals surface area contributed by atoms with Crippen LogP contribution >= 0.6 is 0 Å². The zero-order valence-electron chi connectivity index (χ0n) is 21.6. The minimum Gasteiger partial charge on any atom is -0.385 e. The number of piperazine rings is 1.